The first kappa shape index (κ1) is 17.4. The van der Waals surface area contributed by atoms with Gasteiger partial charge in [-0.15, -0.1) is 24.0 Å². The normalized spacial score (nSPS) is 14.6. The zero-order chi connectivity index (χ0) is 14.4. The summed E-state index contributed by atoms with van der Waals surface area (Å²) in [6.45, 7) is 1.66. The van der Waals surface area contributed by atoms with Crippen LogP contribution in [-0.4, -0.2) is 48.4 Å². The van der Waals surface area contributed by atoms with Crippen LogP contribution in [0.3, 0.4) is 0 Å². The van der Waals surface area contributed by atoms with E-state index in [4.69, 9.17) is 5.11 Å². The molecule has 1 heterocycles. The van der Waals surface area contributed by atoms with Crippen LogP contribution < -0.4 is 5.32 Å². The van der Waals surface area contributed by atoms with E-state index in [0.717, 1.165) is 25.9 Å². The number of guanidine groups is 1. The Morgan fingerprint density at radius 1 is 1.43 bits per heavy atom. The van der Waals surface area contributed by atoms with Crippen LogP contribution in [0.1, 0.15) is 28.8 Å². The Morgan fingerprint density at radius 3 is 2.95 bits per heavy atom. The highest BCUT2D eigenvalue weighted by atomic mass is 127. The number of aromatic carboxylic acids is 1. The molecule has 0 spiro atoms. The van der Waals surface area contributed by atoms with Crippen molar-refractivity contribution in [3.05, 3.63) is 35.4 Å². The molecule has 7 heteroatoms. The highest BCUT2D eigenvalue weighted by Crippen LogP contribution is 2.06. The third kappa shape index (κ3) is 5.00. The van der Waals surface area contributed by atoms with Crippen LogP contribution >= 0.6 is 24.0 Å². The Labute approximate surface area is 141 Å². The van der Waals surface area contributed by atoms with E-state index in [1.807, 2.05) is 0 Å². The molecule has 1 aromatic carbocycles. The number of benzene rings is 1. The molecule has 0 aliphatic carbocycles. The van der Waals surface area contributed by atoms with Gasteiger partial charge in [-0.1, -0.05) is 18.2 Å². The lowest BCUT2D eigenvalue weighted by Gasteiger charge is -2.15. The van der Waals surface area contributed by atoms with Crippen molar-refractivity contribution in [2.75, 3.05) is 20.1 Å². The van der Waals surface area contributed by atoms with Crippen LogP contribution in [0, 0.1) is 0 Å². The average Bonchev–Trinajstić information content (AvgIpc) is 2.74. The van der Waals surface area contributed by atoms with Gasteiger partial charge in [-0.3, -0.25) is 4.99 Å². The summed E-state index contributed by atoms with van der Waals surface area (Å²) in [5, 5.41) is 18.2. The largest absolute Gasteiger partial charge is 0.478 e. The van der Waals surface area contributed by atoms with Crippen molar-refractivity contribution in [1.29, 1.82) is 0 Å². The zero-order valence-electron chi connectivity index (χ0n) is 11.8. The molecule has 114 valence electrons. The summed E-state index contributed by atoms with van der Waals surface area (Å²) in [5.74, 6) is -0.244. The van der Waals surface area contributed by atoms with E-state index in [1.54, 1.807) is 42.5 Å². The molecular formula is C14H19IN4O2. The number of nitrogens with one attached hydrogen (secondary N) is 1. The second kappa shape index (κ2) is 8.60. The average molecular weight is 402 g/mol. The van der Waals surface area contributed by atoms with Crippen molar-refractivity contribution in [3.8, 4) is 0 Å². The van der Waals surface area contributed by atoms with E-state index in [9.17, 15) is 4.79 Å². The fourth-order valence-electron chi connectivity index (χ4n) is 1.90. The Morgan fingerprint density at radius 2 is 2.19 bits per heavy atom. The molecule has 1 aromatic rings. The molecule has 0 saturated carbocycles. The standard InChI is InChI=1S/C14H18N4O2.HI/c1-18(14-15-8-4-5-9-16-14)17-10-11-6-2-3-7-12(11)13(19)20;/h2-3,6-7,10H,4-5,8-9H2,1H3,(H,15,16)(H,19,20);1H/b17-10+;. The maximum Gasteiger partial charge on any atom is 0.336 e. The smallest absolute Gasteiger partial charge is 0.336 e. The highest BCUT2D eigenvalue weighted by Gasteiger charge is 2.09. The minimum atomic E-state index is -0.959. The van der Waals surface area contributed by atoms with Gasteiger partial charge >= 0.3 is 5.97 Å². The number of carboxylic acids is 1. The predicted molar refractivity (Wildman–Crippen MR) is 93.7 cm³/mol. The first-order chi connectivity index (χ1) is 9.68. The Kier molecular flexibility index (Phi) is 7.13. The second-order valence-corrected chi connectivity index (χ2v) is 4.50. The highest BCUT2D eigenvalue weighted by molar-refractivity contribution is 14.0. The number of hydrogen-bond acceptors (Lipinski definition) is 5. The van der Waals surface area contributed by atoms with E-state index in [2.05, 4.69) is 15.4 Å². The summed E-state index contributed by atoms with van der Waals surface area (Å²) in [6, 6.07) is 6.77. The predicted octanol–water partition coefficient (Wildman–Crippen LogP) is 2.01. The van der Waals surface area contributed by atoms with Gasteiger partial charge in [0.15, 0.2) is 0 Å². The van der Waals surface area contributed by atoms with E-state index < -0.39 is 5.97 Å². The monoisotopic (exact) mass is 402 g/mol. The number of carboxylic acid groups (broad SMARTS) is 1. The quantitative estimate of drug-likeness (QED) is 0.461. The molecule has 0 aromatic heterocycles. The summed E-state index contributed by atoms with van der Waals surface area (Å²) in [4.78, 5) is 15.5. The molecule has 6 nitrogen and oxygen atoms in total. The minimum Gasteiger partial charge on any atom is -0.478 e. The van der Waals surface area contributed by atoms with Gasteiger partial charge in [0.05, 0.1) is 11.8 Å². The molecule has 0 amide bonds. The number of carbonyl (C=O) groups is 1. The third-order valence-electron chi connectivity index (χ3n) is 3.00. The van der Waals surface area contributed by atoms with E-state index in [-0.39, 0.29) is 29.5 Å². The summed E-state index contributed by atoms with van der Waals surface area (Å²) < 4.78 is 0. The Hall–Kier alpha value is -1.64. The molecule has 2 N–H and O–H groups in total. The molecule has 21 heavy (non-hydrogen) atoms. The summed E-state index contributed by atoms with van der Waals surface area (Å²) in [6.07, 6.45) is 3.70. The molecule has 0 bridgehead atoms. The van der Waals surface area contributed by atoms with Crippen LogP contribution in [0.4, 0.5) is 0 Å². The molecule has 1 aliphatic heterocycles. The number of aliphatic imine (C=N–C) groups is 1. The number of nitrogens with zero attached hydrogens (tertiary/aromatic N) is 3. The van der Waals surface area contributed by atoms with Crippen molar-refractivity contribution in [2.24, 2.45) is 10.1 Å². The van der Waals surface area contributed by atoms with Crippen molar-refractivity contribution in [1.82, 2.24) is 10.3 Å². The molecule has 0 fully saturated rings. The Balaban J connectivity index is 0.00000220. The Bertz CT molecular complexity index is 546. The topological polar surface area (TPSA) is 77.3 Å². The van der Waals surface area contributed by atoms with Crippen LogP contribution in [0.25, 0.3) is 0 Å². The summed E-state index contributed by atoms with van der Waals surface area (Å²) >= 11 is 0. The zero-order valence-corrected chi connectivity index (χ0v) is 14.2. The number of rotatable bonds is 3. The fourth-order valence-corrected chi connectivity index (χ4v) is 1.90. The molecule has 0 saturated heterocycles. The van der Waals surface area contributed by atoms with E-state index in [0.29, 0.717) is 11.5 Å². The van der Waals surface area contributed by atoms with Gasteiger partial charge in [0, 0.05) is 25.7 Å². The second-order valence-electron chi connectivity index (χ2n) is 4.50. The molecule has 0 atom stereocenters. The molecule has 0 radical (unpaired) electrons. The van der Waals surface area contributed by atoms with Crippen molar-refractivity contribution >= 4 is 42.1 Å². The molecule has 1 aliphatic rings. The van der Waals surface area contributed by atoms with Gasteiger partial charge in [-0.25, -0.2) is 9.80 Å². The number of hydrazone groups is 1. The van der Waals surface area contributed by atoms with Crippen LogP contribution in [0.15, 0.2) is 34.4 Å². The lowest BCUT2D eigenvalue weighted by molar-refractivity contribution is 0.0697. The summed E-state index contributed by atoms with van der Waals surface area (Å²) in [7, 11) is 1.79. The lowest BCUT2D eigenvalue weighted by Crippen LogP contribution is -2.35. The molecular weight excluding hydrogens is 383 g/mol. The number of hydrogen-bond donors (Lipinski definition) is 2. The fraction of sp³-hybridized carbons (Fsp3) is 0.357. The summed E-state index contributed by atoms with van der Waals surface area (Å²) in [5.41, 5.74) is 0.807. The van der Waals surface area contributed by atoms with Crippen molar-refractivity contribution < 1.29 is 9.90 Å². The van der Waals surface area contributed by atoms with Crippen molar-refractivity contribution in [2.45, 2.75) is 12.8 Å². The van der Waals surface area contributed by atoms with Crippen LogP contribution in [0.5, 0.6) is 0 Å². The van der Waals surface area contributed by atoms with Gasteiger partial charge in [-0.2, -0.15) is 5.10 Å². The van der Waals surface area contributed by atoms with Gasteiger partial charge in [0.1, 0.15) is 0 Å². The first-order valence-electron chi connectivity index (χ1n) is 6.57. The van der Waals surface area contributed by atoms with E-state index >= 15 is 0 Å². The van der Waals surface area contributed by atoms with Gasteiger partial charge < -0.3 is 10.4 Å². The number of halogens is 1. The third-order valence-corrected chi connectivity index (χ3v) is 3.00. The van der Waals surface area contributed by atoms with Crippen molar-refractivity contribution in [3.63, 3.8) is 0 Å². The van der Waals surface area contributed by atoms with Gasteiger partial charge in [-0.05, 0) is 18.9 Å². The first-order valence-corrected chi connectivity index (χ1v) is 6.57. The minimum absolute atomic E-state index is 0. The molecule has 2 rings (SSSR count). The van der Waals surface area contributed by atoms with Gasteiger partial charge in [0.25, 0.3) is 0 Å². The van der Waals surface area contributed by atoms with Crippen LogP contribution in [0.2, 0.25) is 0 Å². The molecule has 0 unspecified atom stereocenters. The van der Waals surface area contributed by atoms with Crippen LogP contribution in [-0.2, 0) is 0 Å². The maximum absolute atomic E-state index is 11.1. The van der Waals surface area contributed by atoms with E-state index in [1.165, 1.54) is 0 Å². The lowest BCUT2D eigenvalue weighted by atomic mass is 10.1. The van der Waals surface area contributed by atoms with Gasteiger partial charge in [0.2, 0.25) is 5.96 Å². The SMILES string of the molecule is CN(/N=C/c1ccccc1C(=O)O)C1=NCCCCN1.I. The maximum atomic E-state index is 11.1.